The van der Waals surface area contributed by atoms with Gasteiger partial charge in [0.1, 0.15) is 5.75 Å². The Morgan fingerprint density at radius 1 is 0.939 bits per heavy atom. The van der Waals surface area contributed by atoms with Crippen molar-refractivity contribution in [2.45, 2.75) is 51.6 Å². The lowest BCUT2D eigenvalue weighted by Crippen LogP contribution is -2.29. The quantitative estimate of drug-likeness (QED) is 0.301. The van der Waals surface area contributed by atoms with Gasteiger partial charge in [-0.05, 0) is 75.4 Å². The lowest BCUT2D eigenvalue weighted by Gasteiger charge is -2.27. The highest BCUT2D eigenvalue weighted by molar-refractivity contribution is 5.96. The largest absolute Gasteiger partial charge is 0.490 e. The van der Waals surface area contributed by atoms with Gasteiger partial charge < -0.3 is 20.1 Å². The molecule has 2 N–H and O–H groups in total. The maximum absolute atomic E-state index is 12.4. The lowest BCUT2D eigenvalue weighted by molar-refractivity contribution is -0.149. The Morgan fingerprint density at radius 2 is 1.64 bits per heavy atom. The van der Waals surface area contributed by atoms with Gasteiger partial charge in [-0.3, -0.25) is 9.59 Å². The first-order valence-corrected chi connectivity index (χ1v) is 11.6. The highest BCUT2D eigenvalue weighted by Crippen LogP contribution is 2.28. The van der Waals surface area contributed by atoms with Crippen molar-refractivity contribution in [3.8, 4) is 5.75 Å². The van der Waals surface area contributed by atoms with Crippen molar-refractivity contribution in [3.05, 3.63) is 60.2 Å². The molecular formula is C26H32N2O5. The second-order valence-electron chi connectivity index (χ2n) is 8.14. The molecule has 3 rings (SSSR count). The van der Waals surface area contributed by atoms with Crippen molar-refractivity contribution in [2.24, 2.45) is 5.92 Å². The summed E-state index contributed by atoms with van der Waals surface area (Å²) in [5.41, 5.74) is 1.35. The van der Waals surface area contributed by atoms with Crippen LogP contribution in [0, 0.1) is 5.92 Å². The molecule has 0 saturated heterocycles. The second-order valence-corrected chi connectivity index (χ2v) is 8.14. The highest BCUT2D eigenvalue weighted by Gasteiger charge is 2.28. The van der Waals surface area contributed by atoms with E-state index in [1.54, 1.807) is 12.1 Å². The van der Waals surface area contributed by atoms with Crippen molar-refractivity contribution >= 4 is 23.5 Å². The van der Waals surface area contributed by atoms with Gasteiger partial charge in [0, 0.05) is 24.2 Å². The van der Waals surface area contributed by atoms with Crippen LogP contribution in [0.25, 0.3) is 0 Å². The van der Waals surface area contributed by atoms with E-state index in [0.717, 1.165) is 37.1 Å². The Kier molecular flexibility index (Phi) is 9.30. The molecule has 7 nitrogen and oxygen atoms in total. The summed E-state index contributed by atoms with van der Waals surface area (Å²) in [6, 6.07) is 16.1. The number of anilines is 1. The van der Waals surface area contributed by atoms with Gasteiger partial charge in [0.15, 0.2) is 5.78 Å². The topological polar surface area (TPSA) is 93.7 Å². The summed E-state index contributed by atoms with van der Waals surface area (Å²) >= 11 is 0. The van der Waals surface area contributed by atoms with Crippen LogP contribution in [0.4, 0.5) is 10.5 Å². The van der Waals surface area contributed by atoms with E-state index in [1.165, 1.54) is 0 Å². The molecule has 0 bridgehead atoms. The summed E-state index contributed by atoms with van der Waals surface area (Å²) < 4.78 is 11.1. The van der Waals surface area contributed by atoms with Crippen LogP contribution in [-0.4, -0.2) is 37.0 Å². The molecule has 0 aromatic heterocycles. The minimum absolute atomic E-state index is 0.0244. The van der Waals surface area contributed by atoms with E-state index in [1.807, 2.05) is 49.4 Å². The average molecular weight is 453 g/mol. The Morgan fingerprint density at radius 3 is 2.30 bits per heavy atom. The number of carbonyl (C=O) groups excluding carboxylic acids is 3. The van der Waals surface area contributed by atoms with E-state index in [0.29, 0.717) is 31.6 Å². The molecule has 0 atom stereocenters. The first kappa shape index (κ1) is 24.3. The molecule has 1 aliphatic carbocycles. The molecule has 2 amide bonds. The molecule has 1 saturated carbocycles. The standard InChI is InChI=1S/C26H32N2O5/c1-2-32-25(30)20-12-16-23(17-13-20)33-22-14-10-19(11-15-22)24(29)9-6-18-27-26(31)28-21-7-4-3-5-8-21/h3-5,7-8,10-11,14-15,20,23H,2,6,9,12-13,16-18H2,1H3,(H2,27,28,31). The van der Waals surface area contributed by atoms with Crippen LogP contribution in [-0.2, 0) is 9.53 Å². The number of esters is 1. The molecule has 176 valence electrons. The number of Topliss-reactive ketones (excluding diaryl/α,β-unsaturated/α-hetero) is 1. The van der Waals surface area contributed by atoms with E-state index in [4.69, 9.17) is 9.47 Å². The first-order valence-electron chi connectivity index (χ1n) is 11.6. The Bertz CT molecular complexity index is 906. The first-order chi connectivity index (χ1) is 16.0. The van der Waals surface area contributed by atoms with Gasteiger partial charge in [-0.2, -0.15) is 0 Å². The second kappa shape index (κ2) is 12.6. The molecule has 2 aromatic rings. The summed E-state index contributed by atoms with van der Waals surface area (Å²) in [5.74, 6) is 0.627. The molecule has 0 radical (unpaired) electrons. The predicted molar refractivity (Wildman–Crippen MR) is 126 cm³/mol. The van der Waals surface area contributed by atoms with Gasteiger partial charge in [0.2, 0.25) is 0 Å². The smallest absolute Gasteiger partial charge is 0.319 e. The summed E-state index contributed by atoms with van der Waals surface area (Å²) in [6.45, 7) is 2.66. The number of ketones is 1. The number of hydrogen-bond donors (Lipinski definition) is 2. The summed E-state index contributed by atoms with van der Waals surface area (Å²) in [5, 5.41) is 5.50. The van der Waals surface area contributed by atoms with Gasteiger partial charge in [0.05, 0.1) is 18.6 Å². The Labute approximate surface area is 194 Å². The van der Waals surface area contributed by atoms with Crippen molar-refractivity contribution in [2.75, 3.05) is 18.5 Å². The maximum Gasteiger partial charge on any atom is 0.319 e. The summed E-state index contributed by atoms with van der Waals surface area (Å²) in [6.07, 6.45) is 4.16. The van der Waals surface area contributed by atoms with Crippen LogP contribution < -0.4 is 15.4 Å². The molecule has 33 heavy (non-hydrogen) atoms. The Balaban J connectivity index is 1.34. The average Bonchev–Trinajstić information content (AvgIpc) is 2.83. The van der Waals surface area contributed by atoms with Crippen molar-refractivity contribution in [3.63, 3.8) is 0 Å². The van der Waals surface area contributed by atoms with E-state index in [9.17, 15) is 14.4 Å². The third-order valence-electron chi connectivity index (χ3n) is 5.67. The monoisotopic (exact) mass is 452 g/mol. The number of benzene rings is 2. The fourth-order valence-corrected chi connectivity index (χ4v) is 3.88. The van der Waals surface area contributed by atoms with Gasteiger partial charge in [-0.15, -0.1) is 0 Å². The molecule has 2 aromatic carbocycles. The van der Waals surface area contributed by atoms with Gasteiger partial charge in [-0.25, -0.2) is 4.79 Å². The maximum atomic E-state index is 12.4. The molecule has 1 fully saturated rings. The molecule has 0 heterocycles. The fourth-order valence-electron chi connectivity index (χ4n) is 3.88. The van der Waals surface area contributed by atoms with Crippen molar-refractivity contribution < 1.29 is 23.9 Å². The van der Waals surface area contributed by atoms with Crippen molar-refractivity contribution in [1.82, 2.24) is 5.32 Å². The van der Waals surface area contributed by atoms with Crippen LogP contribution in [0.3, 0.4) is 0 Å². The van der Waals surface area contributed by atoms with Crippen LogP contribution in [0.2, 0.25) is 0 Å². The molecule has 0 unspecified atom stereocenters. The van der Waals surface area contributed by atoms with Crippen LogP contribution in [0.15, 0.2) is 54.6 Å². The lowest BCUT2D eigenvalue weighted by atomic mass is 9.87. The third-order valence-corrected chi connectivity index (χ3v) is 5.67. The zero-order valence-electron chi connectivity index (χ0n) is 19.0. The minimum Gasteiger partial charge on any atom is -0.490 e. The van der Waals surface area contributed by atoms with Crippen molar-refractivity contribution in [1.29, 1.82) is 0 Å². The van der Waals surface area contributed by atoms with Crippen LogP contribution in [0.1, 0.15) is 55.8 Å². The number of carbonyl (C=O) groups is 3. The molecule has 0 spiro atoms. The third kappa shape index (κ3) is 7.93. The number of ether oxygens (including phenoxy) is 2. The fraction of sp³-hybridized carbons (Fsp3) is 0.423. The Hall–Kier alpha value is -3.35. The van der Waals surface area contributed by atoms with Gasteiger partial charge in [-0.1, -0.05) is 18.2 Å². The highest BCUT2D eigenvalue weighted by atomic mass is 16.5. The summed E-state index contributed by atoms with van der Waals surface area (Å²) in [7, 11) is 0. The van der Waals surface area contributed by atoms with Crippen LogP contribution in [0.5, 0.6) is 5.75 Å². The zero-order chi connectivity index (χ0) is 23.5. The number of para-hydroxylation sites is 1. The summed E-state index contributed by atoms with van der Waals surface area (Å²) in [4.78, 5) is 36.1. The SMILES string of the molecule is CCOC(=O)C1CCC(Oc2ccc(C(=O)CCCNC(=O)Nc3ccccc3)cc2)CC1. The van der Waals surface area contributed by atoms with E-state index >= 15 is 0 Å². The number of hydrogen-bond acceptors (Lipinski definition) is 5. The van der Waals surface area contributed by atoms with E-state index in [2.05, 4.69) is 10.6 Å². The molecule has 1 aliphatic rings. The molecular weight excluding hydrogens is 420 g/mol. The van der Waals surface area contributed by atoms with Crippen LogP contribution >= 0.6 is 0 Å². The van der Waals surface area contributed by atoms with Gasteiger partial charge >= 0.3 is 12.0 Å². The number of rotatable bonds is 10. The molecule has 7 heteroatoms. The normalized spacial score (nSPS) is 17.6. The minimum atomic E-state index is -0.286. The molecule has 0 aliphatic heterocycles. The zero-order valence-corrected chi connectivity index (χ0v) is 19.0. The van der Waals surface area contributed by atoms with E-state index < -0.39 is 0 Å². The predicted octanol–water partition coefficient (Wildman–Crippen LogP) is 4.97. The number of urea groups is 1. The van der Waals surface area contributed by atoms with Gasteiger partial charge in [0.25, 0.3) is 0 Å². The number of nitrogens with one attached hydrogen (secondary N) is 2. The number of amides is 2. The van der Waals surface area contributed by atoms with E-state index in [-0.39, 0.29) is 29.8 Å².